The third kappa shape index (κ3) is 2.81. The van der Waals surface area contributed by atoms with E-state index in [-0.39, 0.29) is 5.54 Å². The number of nitrogens with one attached hydrogen (secondary N) is 1. The van der Waals surface area contributed by atoms with Gasteiger partial charge in [0.2, 0.25) is 10.0 Å². The van der Waals surface area contributed by atoms with Gasteiger partial charge in [0.1, 0.15) is 0 Å². The lowest BCUT2D eigenvalue weighted by atomic mass is 9.74. The van der Waals surface area contributed by atoms with Gasteiger partial charge in [0.15, 0.2) is 0 Å². The van der Waals surface area contributed by atoms with Gasteiger partial charge in [-0.3, -0.25) is 0 Å². The molecule has 0 bridgehead atoms. The fourth-order valence-electron chi connectivity index (χ4n) is 4.20. The monoisotopic (exact) mass is 368 g/mol. The summed E-state index contributed by atoms with van der Waals surface area (Å²) in [6.07, 6.45) is 5.93. The predicted molar refractivity (Wildman–Crippen MR) is 99.4 cm³/mol. The highest BCUT2D eigenvalue weighted by molar-refractivity contribution is 7.98. The van der Waals surface area contributed by atoms with E-state index in [0.717, 1.165) is 49.8 Å². The molecule has 2 aliphatic rings. The largest absolute Gasteiger partial charge is 0.319 e. The lowest BCUT2D eigenvalue weighted by Crippen LogP contribution is -2.47. The van der Waals surface area contributed by atoms with E-state index in [1.54, 1.807) is 23.5 Å². The zero-order valence-electron chi connectivity index (χ0n) is 14.3. The molecule has 0 saturated heterocycles. The molecule has 1 spiro atoms. The molecule has 24 heavy (non-hydrogen) atoms. The number of benzene rings is 1. The Kier molecular flexibility index (Phi) is 5.07. The average Bonchev–Trinajstić information content (AvgIpc) is 2.73. The second kappa shape index (κ2) is 6.79. The van der Waals surface area contributed by atoms with Crippen LogP contribution in [0.5, 0.6) is 0 Å². The molecular formula is C18H25ClN2O2S. The molecule has 0 aromatic heterocycles. The van der Waals surface area contributed by atoms with Crippen molar-refractivity contribution in [2.24, 2.45) is 0 Å². The summed E-state index contributed by atoms with van der Waals surface area (Å²) in [7, 11) is 0.182. The topological polar surface area (TPSA) is 49.4 Å². The van der Waals surface area contributed by atoms with Gasteiger partial charge in [0, 0.05) is 12.1 Å². The smallest absolute Gasteiger partial charge is 0.244 e. The summed E-state index contributed by atoms with van der Waals surface area (Å²) in [6.45, 7) is 0.775. The molecule has 0 radical (unpaired) electrons. The van der Waals surface area contributed by atoms with Gasteiger partial charge >= 0.3 is 0 Å². The summed E-state index contributed by atoms with van der Waals surface area (Å²) in [6, 6.07) is 7.18. The number of halogens is 1. The highest BCUT2D eigenvalue weighted by atomic mass is 35.5. The Labute approximate surface area is 149 Å². The van der Waals surface area contributed by atoms with Crippen LogP contribution in [0.15, 0.2) is 29.8 Å². The maximum atomic E-state index is 13.2. The number of likely N-dealkylation sites (N-methyl/N-ethyl adjacent to an activating group) is 1. The zero-order chi connectivity index (χ0) is 17.4. The van der Waals surface area contributed by atoms with Crippen molar-refractivity contribution in [3.05, 3.63) is 40.4 Å². The van der Waals surface area contributed by atoms with Crippen LogP contribution in [0.4, 0.5) is 0 Å². The molecule has 1 fully saturated rings. The molecule has 1 aromatic carbocycles. The summed E-state index contributed by atoms with van der Waals surface area (Å²) in [4.78, 5) is 0.499. The Bertz CT molecular complexity index is 735. The first-order chi connectivity index (χ1) is 11.4. The van der Waals surface area contributed by atoms with Crippen molar-refractivity contribution in [2.75, 3.05) is 20.6 Å². The molecule has 0 unspecified atom stereocenters. The van der Waals surface area contributed by atoms with Crippen molar-refractivity contribution in [1.82, 2.24) is 9.62 Å². The molecule has 1 aliphatic carbocycles. The summed E-state index contributed by atoms with van der Waals surface area (Å²) < 4.78 is 28.1. The number of nitrogens with zero attached hydrogens (tertiary/aromatic N) is 1. The number of sulfonamides is 1. The van der Waals surface area contributed by atoms with Crippen molar-refractivity contribution in [3.63, 3.8) is 0 Å². The molecular weight excluding hydrogens is 344 g/mol. The first-order valence-electron chi connectivity index (χ1n) is 8.57. The third-order valence-electron chi connectivity index (χ3n) is 5.47. The summed E-state index contributed by atoms with van der Waals surface area (Å²) in [5.41, 5.74) is 1.48. The summed E-state index contributed by atoms with van der Waals surface area (Å²) in [5, 5.41) is 3.79. The van der Waals surface area contributed by atoms with Gasteiger partial charge in [-0.2, -0.15) is 4.31 Å². The Morgan fingerprint density at radius 2 is 1.79 bits per heavy atom. The SMILES string of the molecule is CNCCC1=C(c2ccc(Cl)cc2)S(=O)(=O)N(C)C12CCCCC2. The molecule has 0 atom stereocenters. The average molecular weight is 369 g/mol. The van der Waals surface area contributed by atoms with Crippen LogP contribution in [0.1, 0.15) is 44.1 Å². The molecule has 0 amide bonds. The van der Waals surface area contributed by atoms with Gasteiger partial charge in [-0.1, -0.05) is 43.0 Å². The van der Waals surface area contributed by atoms with Crippen molar-refractivity contribution in [2.45, 2.75) is 44.1 Å². The Morgan fingerprint density at radius 1 is 1.17 bits per heavy atom. The fraction of sp³-hybridized carbons (Fsp3) is 0.556. The van der Waals surface area contributed by atoms with Gasteiger partial charge in [0.05, 0.1) is 10.4 Å². The minimum Gasteiger partial charge on any atom is -0.319 e. The maximum absolute atomic E-state index is 13.2. The van der Waals surface area contributed by atoms with Gasteiger partial charge in [-0.15, -0.1) is 0 Å². The van der Waals surface area contributed by atoms with Crippen LogP contribution in [0, 0.1) is 0 Å². The lowest BCUT2D eigenvalue weighted by molar-refractivity contribution is 0.196. The van der Waals surface area contributed by atoms with Gasteiger partial charge < -0.3 is 5.32 Å². The molecule has 1 aliphatic heterocycles. The van der Waals surface area contributed by atoms with Crippen LogP contribution in [0.25, 0.3) is 4.91 Å². The minimum absolute atomic E-state index is 0.344. The fourth-order valence-corrected chi connectivity index (χ4v) is 6.39. The van der Waals surface area contributed by atoms with E-state index < -0.39 is 10.0 Å². The standard InChI is InChI=1S/C18H25ClN2O2S/c1-20-13-10-16-17(14-6-8-15(19)9-7-14)24(22,23)21(2)18(16)11-4-3-5-12-18/h6-9,20H,3-5,10-13H2,1-2H3. The second-order valence-corrected chi connectivity index (χ2v) is 9.08. The Hall–Kier alpha value is -0.880. The zero-order valence-corrected chi connectivity index (χ0v) is 15.9. The predicted octanol–water partition coefficient (Wildman–Crippen LogP) is 3.64. The number of hydrogen-bond acceptors (Lipinski definition) is 3. The molecule has 4 nitrogen and oxygen atoms in total. The molecule has 6 heteroatoms. The van der Waals surface area contributed by atoms with E-state index in [2.05, 4.69) is 5.32 Å². The van der Waals surface area contributed by atoms with Gasteiger partial charge in [-0.25, -0.2) is 8.42 Å². The molecule has 1 aromatic rings. The van der Waals surface area contributed by atoms with E-state index in [9.17, 15) is 8.42 Å². The maximum Gasteiger partial charge on any atom is 0.244 e. The quantitative estimate of drug-likeness (QED) is 0.882. The normalized spacial score (nSPS) is 23.1. The van der Waals surface area contributed by atoms with Crippen molar-refractivity contribution in [1.29, 1.82) is 0 Å². The van der Waals surface area contributed by atoms with Crippen molar-refractivity contribution in [3.8, 4) is 0 Å². The highest BCUT2D eigenvalue weighted by Crippen LogP contribution is 2.52. The third-order valence-corrected chi connectivity index (χ3v) is 7.79. The van der Waals surface area contributed by atoms with Gasteiger partial charge in [-0.05, 0) is 56.1 Å². The van der Waals surface area contributed by atoms with E-state index in [1.807, 2.05) is 19.2 Å². The molecule has 1 N–H and O–H groups in total. The summed E-state index contributed by atoms with van der Waals surface area (Å²) in [5.74, 6) is 0. The number of hydrogen-bond donors (Lipinski definition) is 1. The van der Waals surface area contributed by atoms with E-state index in [4.69, 9.17) is 11.6 Å². The second-order valence-electron chi connectivity index (χ2n) is 6.73. The molecule has 132 valence electrons. The minimum atomic E-state index is -3.48. The van der Waals surface area contributed by atoms with Crippen LogP contribution in [-0.2, 0) is 10.0 Å². The van der Waals surface area contributed by atoms with Crippen LogP contribution in [0.3, 0.4) is 0 Å². The molecule has 1 saturated carbocycles. The van der Waals surface area contributed by atoms with Crippen LogP contribution < -0.4 is 5.32 Å². The Balaban J connectivity index is 2.20. The summed E-state index contributed by atoms with van der Waals surface area (Å²) >= 11 is 5.99. The lowest BCUT2D eigenvalue weighted by Gasteiger charge is -2.40. The van der Waals surface area contributed by atoms with E-state index in [1.165, 1.54) is 6.42 Å². The van der Waals surface area contributed by atoms with Crippen LogP contribution in [-0.4, -0.2) is 38.9 Å². The van der Waals surface area contributed by atoms with Crippen LogP contribution in [0.2, 0.25) is 5.02 Å². The first-order valence-corrected chi connectivity index (χ1v) is 10.4. The highest BCUT2D eigenvalue weighted by Gasteiger charge is 2.53. The van der Waals surface area contributed by atoms with E-state index in [0.29, 0.717) is 9.93 Å². The van der Waals surface area contributed by atoms with E-state index >= 15 is 0 Å². The van der Waals surface area contributed by atoms with Crippen molar-refractivity contribution < 1.29 is 8.42 Å². The van der Waals surface area contributed by atoms with Gasteiger partial charge in [0.25, 0.3) is 0 Å². The first kappa shape index (κ1) is 17.9. The molecule has 1 heterocycles. The van der Waals surface area contributed by atoms with Crippen molar-refractivity contribution >= 4 is 26.5 Å². The number of rotatable bonds is 4. The Morgan fingerprint density at radius 3 is 2.38 bits per heavy atom. The van der Waals surface area contributed by atoms with Crippen LogP contribution >= 0.6 is 11.6 Å². The molecule has 3 rings (SSSR count).